The zero-order valence-corrected chi connectivity index (χ0v) is 15.0. The molecular formula is C14H22BrNO2Si. The van der Waals surface area contributed by atoms with Gasteiger partial charge in [-0.15, -0.1) is 0 Å². The van der Waals surface area contributed by atoms with Crippen LogP contribution in [0, 0.1) is 5.41 Å². The van der Waals surface area contributed by atoms with Crippen LogP contribution in [0.25, 0.3) is 0 Å². The monoisotopic (exact) mass is 343 g/mol. The van der Waals surface area contributed by atoms with Gasteiger partial charge in [-0.3, -0.25) is 9.78 Å². The van der Waals surface area contributed by atoms with Crippen molar-refractivity contribution in [2.45, 2.75) is 40.0 Å². The Morgan fingerprint density at radius 2 is 2.11 bits per heavy atom. The second kappa shape index (κ2) is 6.77. The van der Waals surface area contributed by atoms with Crippen molar-refractivity contribution >= 4 is 30.8 Å². The molecule has 0 fully saturated rings. The van der Waals surface area contributed by atoms with Gasteiger partial charge in [0.2, 0.25) is 0 Å². The van der Waals surface area contributed by atoms with E-state index in [9.17, 15) is 4.79 Å². The number of alkyl halides is 1. The molecule has 0 radical (unpaired) electrons. The van der Waals surface area contributed by atoms with Crippen LogP contribution in [0.3, 0.4) is 0 Å². The summed E-state index contributed by atoms with van der Waals surface area (Å²) in [4.78, 5) is 15.8. The molecular weight excluding hydrogens is 322 g/mol. The van der Waals surface area contributed by atoms with Crippen LogP contribution in [-0.2, 0) is 4.43 Å². The zero-order valence-electron chi connectivity index (χ0n) is 12.2. The van der Waals surface area contributed by atoms with Crippen LogP contribution in [0.15, 0.2) is 18.3 Å². The van der Waals surface area contributed by atoms with Gasteiger partial charge in [-0.05, 0) is 36.2 Å². The van der Waals surface area contributed by atoms with Gasteiger partial charge < -0.3 is 4.43 Å². The molecule has 0 aliphatic carbocycles. The summed E-state index contributed by atoms with van der Waals surface area (Å²) in [5, 5.41) is 0.295. The molecule has 19 heavy (non-hydrogen) atoms. The molecule has 0 aliphatic heterocycles. The van der Waals surface area contributed by atoms with Gasteiger partial charge in [-0.25, -0.2) is 0 Å². The second-order valence-corrected chi connectivity index (χ2v) is 8.89. The van der Waals surface area contributed by atoms with Crippen molar-refractivity contribution in [3.8, 4) is 0 Å². The third-order valence-electron chi connectivity index (χ3n) is 2.69. The number of halogens is 1. The first-order chi connectivity index (χ1) is 8.75. The number of ketones is 1. The van der Waals surface area contributed by atoms with E-state index in [1.807, 2.05) is 12.1 Å². The minimum atomic E-state index is -1.16. The number of aromatic nitrogens is 1. The third-order valence-corrected chi connectivity index (χ3v) is 4.01. The Bertz CT molecular complexity index is 443. The van der Waals surface area contributed by atoms with Crippen LogP contribution in [0.1, 0.15) is 42.9 Å². The molecule has 1 rings (SSSR count). The first-order valence-electron chi connectivity index (χ1n) is 6.46. The van der Waals surface area contributed by atoms with E-state index in [-0.39, 0.29) is 17.3 Å². The van der Waals surface area contributed by atoms with Crippen molar-refractivity contribution in [2.75, 3.05) is 5.33 Å². The summed E-state index contributed by atoms with van der Waals surface area (Å²) in [6.45, 7) is 10.8. The highest BCUT2D eigenvalue weighted by Gasteiger charge is 2.28. The molecule has 0 bridgehead atoms. The van der Waals surface area contributed by atoms with Crippen LogP contribution >= 0.6 is 15.9 Å². The van der Waals surface area contributed by atoms with Crippen molar-refractivity contribution < 1.29 is 9.22 Å². The predicted octanol–water partition coefficient (Wildman–Crippen LogP) is 3.75. The van der Waals surface area contributed by atoms with Crippen molar-refractivity contribution in [3.05, 3.63) is 29.6 Å². The van der Waals surface area contributed by atoms with Gasteiger partial charge in [0.25, 0.3) is 0 Å². The zero-order chi connectivity index (χ0) is 14.6. The molecule has 1 atom stereocenters. The van der Waals surface area contributed by atoms with E-state index in [0.29, 0.717) is 11.0 Å². The van der Waals surface area contributed by atoms with Gasteiger partial charge in [-0.2, -0.15) is 0 Å². The number of carbonyl (C=O) groups excluding carboxylic acids is 1. The van der Waals surface area contributed by atoms with Gasteiger partial charge in [0, 0.05) is 6.20 Å². The maximum absolute atomic E-state index is 11.7. The van der Waals surface area contributed by atoms with E-state index in [4.69, 9.17) is 4.43 Å². The standard InChI is InChI=1S/C14H22BrNO2Si/c1-14(2,3)13(18-19(4)5)10-6-7-16-11(8-10)12(17)9-15/h6-8,13,19H,9H2,1-5H3. The predicted molar refractivity (Wildman–Crippen MR) is 84.5 cm³/mol. The molecule has 5 heteroatoms. The van der Waals surface area contributed by atoms with Gasteiger partial charge in [-0.1, -0.05) is 36.7 Å². The Morgan fingerprint density at radius 3 is 2.58 bits per heavy atom. The third kappa shape index (κ3) is 4.82. The number of hydrogen-bond donors (Lipinski definition) is 0. The van der Waals surface area contributed by atoms with E-state index in [1.54, 1.807) is 6.20 Å². The largest absolute Gasteiger partial charge is 0.413 e. The normalized spacial score (nSPS) is 13.6. The summed E-state index contributed by atoms with van der Waals surface area (Å²) in [5.74, 6) is -0.00342. The fourth-order valence-corrected chi connectivity index (χ4v) is 3.28. The minimum absolute atomic E-state index is 0.00342. The molecule has 106 valence electrons. The van der Waals surface area contributed by atoms with Crippen molar-refractivity contribution in [2.24, 2.45) is 5.41 Å². The fraction of sp³-hybridized carbons (Fsp3) is 0.571. The minimum Gasteiger partial charge on any atom is -0.413 e. The molecule has 0 saturated heterocycles. The first-order valence-corrected chi connectivity index (χ1v) is 10.4. The molecule has 3 nitrogen and oxygen atoms in total. The Morgan fingerprint density at radius 1 is 1.47 bits per heavy atom. The molecule has 0 N–H and O–H groups in total. The highest BCUT2D eigenvalue weighted by atomic mass is 79.9. The van der Waals surface area contributed by atoms with Crippen LogP contribution < -0.4 is 0 Å². The molecule has 0 saturated carbocycles. The summed E-state index contributed by atoms with van der Waals surface area (Å²) in [5.41, 5.74) is 1.53. The van der Waals surface area contributed by atoms with Crippen molar-refractivity contribution in [3.63, 3.8) is 0 Å². The highest BCUT2D eigenvalue weighted by molar-refractivity contribution is 9.09. The topological polar surface area (TPSA) is 39.2 Å². The molecule has 0 spiro atoms. The van der Waals surface area contributed by atoms with Gasteiger partial charge in [0.15, 0.2) is 14.8 Å². The Hall–Kier alpha value is -0.523. The molecule has 1 unspecified atom stereocenters. The fourth-order valence-electron chi connectivity index (χ4n) is 1.89. The molecule has 1 aromatic rings. The van der Waals surface area contributed by atoms with E-state index in [0.717, 1.165) is 5.56 Å². The quantitative estimate of drug-likeness (QED) is 0.464. The smallest absolute Gasteiger partial charge is 0.191 e. The maximum Gasteiger partial charge on any atom is 0.191 e. The lowest BCUT2D eigenvalue weighted by molar-refractivity contribution is 0.0862. The highest BCUT2D eigenvalue weighted by Crippen LogP contribution is 2.36. The van der Waals surface area contributed by atoms with E-state index in [2.05, 4.69) is 54.8 Å². The molecule has 1 heterocycles. The maximum atomic E-state index is 11.7. The lowest BCUT2D eigenvalue weighted by Gasteiger charge is -2.33. The number of pyridine rings is 1. The average molecular weight is 344 g/mol. The summed E-state index contributed by atoms with van der Waals surface area (Å²) in [6, 6.07) is 3.80. The molecule has 0 aliphatic rings. The van der Waals surface area contributed by atoms with Crippen LogP contribution in [0.4, 0.5) is 0 Å². The van der Waals surface area contributed by atoms with E-state index in [1.165, 1.54) is 0 Å². The number of carbonyl (C=O) groups is 1. The van der Waals surface area contributed by atoms with Crippen LogP contribution in [-0.4, -0.2) is 25.1 Å². The Labute approximate surface area is 125 Å². The summed E-state index contributed by atoms with van der Waals surface area (Å²) >= 11 is 3.18. The number of hydrogen-bond acceptors (Lipinski definition) is 3. The Balaban J connectivity index is 3.12. The Kier molecular flexibility index (Phi) is 5.89. The van der Waals surface area contributed by atoms with Crippen molar-refractivity contribution in [1.82, 2.24) is 4.98 Å². The summed E-state index contributed by atoms with van der Waals surface area (Å²) < 4.78 is 6.16. The molecule has 1 aromatic heterocycles. The van der Waals surface area contributed by atoms with Gasteiger partial charge >= 0.3 is 0 Å². The number of nitrogens with zero attached hydrogens (tertiary/aromatic N) is 1. The second-order valence-electron chi connectivity index (χ2n) is 5.96. The van der Waals surface area contributed by atoms with Gasteiger partial charge in [0.05, 0.1) is 11.4 Å². The molecule has 0 aromatic carbocycles. The summed E-state index contributed by atoms with van der Waals surface area (Å²) in [7, 11) is -1.16. The van der Waals surface area contributed by atoms with Crippen LogP contribution in [0.2, 0.25) is 13.1 Å². The van der Waals surface area contributed by atoms with E-state index < -0.39 is 9.04 Å². The van der Waals surface area contributed by atoms with Gasteiger partial charge in [0.1, 0.15) is 5.69 Å². The lowest BCUT2D eigenvalue weighted by Crippen LogP contribution is -2.26. The number of Topliss-reactive ketones (excluding diaryl/α,β-unsaturated/α-hetero) is 1. The number of rotatable bonds is 5. The average Bonchev–Trinajstić information content (AvgIpc) is 2.33. The SMILES string of the molecule is C[SiH](C)OC(c1ccnc(C(=O)CBr)c1)C(C)(C)C. The first kappa shape index (κ1) is 16.5. The van der Waals surface area contributed by atoms with Crippen LogP contribution in [0.5, 0.6) is 0 Å². The van der Waals surface area contributed by atoms with Crippen molar-refractivity contribution in [1.29, 1.82) is 0 Å². The lowest BCUT2D eigenvalue weighted by atomic mass is 9.85. The summed E-state index contributed by atoms with van der Waals surface area (Å²) in [6.07, 6.45) is 1.69. The molecule has 0 amide bonds. The van der Waals surface area contributed by atoms with E-state index >= 15 is 0 Å².